The average molecular weight is 355 g/mol. The van der Waals surface area contributed by atoms with Crippen molar-refractivity contribution in [1.82, 2.24) is 14.5 Å². The molecule has 1 aromatic heterocycles. The van der Waals surface area contributed by atoms with Gasteiger partial charge in [-0.3, -0.25) is 0 Å². The van der Waals surface area contributed by atoms with Gasteiger partial charge in [-0.2, -0.15) is 0 Å². The van der Waals surface area contributed by atoms with Crippen LogP contribution in [0.5, 0.6) is 0 Å². The van der Waals surface area contributed by atoms with Gasteiger partial charge in [-0.15, -0.1) is 0 Å². The number of nitrogens with two attached hydrogens (primary N) is 1. The molecular weight excluding hydrogens is 335 g/mol. The second kappa shape index (κ2) is 5.25. The van der Waals surface area contributed by atoms with E-state index in [1.807, 2.05) is 4.57 Å². The molecule has 1 aliphatic heterocycles. The monoisotopic (exact) mass is 354 g/mol. The van der Waals surface area contributed by atoms with Gasteiger partial charge in [-0.1, -0.05) is 6.92 Å². The lowest BCUT2D eigenvalue weighted by Gasteiger charge is -2.38. The Morgan fingerprint density at radius 1 is 1.38 bits per heavy atom. The van der Waals surface area contributed by atoms with E-state index in [1.54, 1.807) is 6.07 Å². The molecule has 1 fully saturated rings. The van der Waals surface area contributed by atoms with Crippen LogP contribution in [0.3, 0.4) is 0 Å². The maximum absolute atomic E-state index is 13.6. The molecule has 0 spiro atoms. The Labute approximate surface area is 132 Å². The minimum Gasteiger partial charge on any atom is -0.369 e. The Morgan fingerprint density at radius 3 is 2.71 bits per heavy atom. The molecule has 114 valence electrons. The quantitative estimate of drug-likeness (QED) is 0.900. The van der Waals surface area contributed by atoms with Gasteiger partial charge in [0.05, 0.1) is 15.5 Å². The van der Waals surface area contributed by atoms with E-state index in [4.69, 9.17) is 5.73 Å². The van der Waals surface area contributed by atoms with Crippen LogP contribution in [0.2, 0.25) is 0 Å². The first kappa shape index (κ1) is 14.8. The van der Waals surface area contributed by atoms with Gasteiger partial charge >= 0.3 is 0 Å². The first-order valence-corrected chi connectivity index (χ1v) is 7.97. The molecule has 4 nitrogen and oxygen atoms in total. The number of hydrogen-bond donors (Lipinski definition) is 1. The van der Waals surface area contributed by atoms with E-state index < -0.39 is 0 Å². The minimum atomic E-state index is -0.308. The van der Waals surface area contributed by atoms with Gasteiger partial charge in [0, 0.05) is 12.6 Å². The first-order valence-electron chi connectivity index (χ1n) is 7.17. The van der Waals surface area contributed by atoms with Crippen LogP contribution in [0.25, 0.3) is 11.0 Å². The number of hydrogen-bond acceptors (Lipinski definition) is 3. The van der Waals surface area contributed by atoms with Crippen molar-refractivity contribution in [2.45, 2.75) is 26.3 Å². The summed E-state index contributed by atoms with van der Waals surface area (Å²) in [7, 11) is 2.15. The number of imidazole rings is 1. The van der Waals surface area contributed by atoms with Crippen molar-refractivity contribution in [2.24, 2.45) is 5.41 Å². The minimum absolute atomic E-state index is 0.203. The summed E-state index contributed by atoms with van der Waals surface area (Å²) in [5.41, 5.74) is 7.77. The molecule has 0 bridgehead atoms. The van der Waals surface area contributed by atoms with Crippen molar-refractivity contribution in [3.05, 3.63) is 22.4 Å². The number of rotatable bonds is 2. The molecule has 1 saturated heterocycles. The Bertz CT molecular complexity index is 674. The number of likely N-dealkylation sites (tertiary alicyclic amines) is 1. The number of anilines is 1. The van der Waals surface area contributed by atoms with Crippen molar-refractivity contribution >= 4 is 32.9 Å². The largest absolute Gasteiger partial charge is 0.369 e. The normalized spacial score (nSPS) is 19.2. The zero-order valence-electron chi connectivity index (χ0n) is 12.4. The topological polar surface area (TPSA) is 47.1 Å². The molecule has 2 aromatic rings. The lowest BCUT2D eigenvalue weighted by atomic mass is 9.80. The van der Waals surface area contributed by atoms with Crippen molar-refractivity contribution < 1.29 is 4.39 Å². The third-order valence-corrected chi connectivity index (χ3v) is 5.16. The number of piperidine rings is 1. The van der Waals surface area contributed by atoms with E-state index in [0.29, 0.717) is 15.9 Å². The lowest BCUT2D eigenvalue weighted by Crippen LogP contribution is -2.38. The Kier molecular flexibility index (Phi) is 3.69. The second-order valence-corrected chi connectivity index (χ2v) is 7.28. The summed E-state index contributed by atoms with van der Waals surface area (Å²) in [5, 5.41) is 0. The number of fused-ring (bicyclic) bond motifs is 1. The van der Waals surface area contributed by atoms with Crippen LogP contribution < -0.4 is 5.73 Å². The highest BCUT2D eigenvalue weighted by Gasteiger charge is 2.30. The standard InChI is InChI=1S/C15H20BrFN4/c1-15(3-5-20(2)6-4-15)9-21-13-7-10(16)11(17)8-12(13)19-14(21)18/h7-8H,3-6,9H2,1-2H3,(H2,18,19). The Balaban J connectivity index is 1.97. The highest BCUT2D eigenvalue weighted by molar-refractivity contribution is 9.10. The summed E-state index contributed by atoms with van der Waals surface area (Å²) < 4.78 is 16.1. The summed E-state index contributed by atoms with van der Waals surface area (Å²) in [6.45, 7) is 5.31. The summed E-state index contributed by atoms with van der Waals surface area (Å²) in [6.07, 6.45) is 2.26. The molecule has 1 aliphatic rings. The van der Waals surface area contributed by atoms with E-state index in [-0.39, 0.29) is 11.2 Å². The molecule has 0 radical (unpaired) electrons. The highest BCUT2D eigenvalue weighted by atomic mass is 79.9. The second-order valence-electron chi connectivity index (χ2n) is 6.43. The number of aromatic nitrogens is 2. The van der Waals surface area contributed by atoms with Crippen LogP contribution in [0.15, 0.2) is 16.6 Å². The van der Waals surface area contributed by atoms with Crippen LogP contribution in [0.1, 0.15) is 19.8 Å². The number of halogens is 2. The van der Waals surface area contributed by atoms with E-state index in [9.17, 15) is 4.39 Å². The van der Waals surface area contributed by atoms with Crippen LogP contribution in [0, 0.1) is 11.2 Å². The maximum atomic E-state index is 13.6. The predicted octanol–water partition coefficient (Wildman–Crippen LogP) is 3.25. The number of nitrogens with zero attached hydrogens (tertiary/aromatic N) is 3. The van der Waals surface area contributed by atoms with Crippen LogP contribution in [-0.4, -0.2) is 34.6 Å². The molecule has 0 saturated carbocycles. The SMILES string of the molecule is CN1CCC(C)(Cn2c(N)nc3cc(F)c(Br)cc32)CC1. The van der Waals surface area contributed by atoms with Crippen LogP contribution in [0.4, 0.5) is 10.3 Å². The molecule has 6 heteroatoms. The van der Waals surface area contributed by atoms with Crippen molar-refractivity contribution in [1.29, 1.82) is 0 Å². The number of nitrogen functional groups attached to an aromatic ring is 1. The van der Waals surface area contributed by atoms with E-state index in [0.717, 1.165) is 38.0 Å². The van der Waals surface area contributed by atoms with E-state index in [2.05, 4.69) is 39.8 Å². The molecule has 21 heavy (non-hydrogen) atoms. The zero-order chi connectivity index (χ0) is 15.2. The molecule has 0 unspecified atom stereocenters. The fourth-order valence-corrected chi connectivity index (χ4v) is 3.33. The fraction of sp³-hybridized carbons (Fsp3) is 0.533. The molecule has 0 amide bonds. The molecule has 3 rings (SSSR count). The summed E-state index contributed by atoms with van der Waals surface area (Å²) in [6, 6.07) is 3.20. The Morgan fingerprint density at radius 2 is 2.05 bits per heavy atom. The third-order valence-electron chi connectivity index (χ3n) is 4.55. The molecule has 2 N–H and O–H groups in total. The molecular formula is C15H20BrFN4. The van der Waals surface area contributed by atoms with Gasteiger partial charge in [0.15, 0.2) is 0 Å². The average Bonchev–Trinajstić information content (AvgIpc) is 2.71. The Hall–Kier alpha value is -1.14. The van der Waals surface area contributed by atoms with Crippen molar-refractivity contribution in [2.75, 3.05) is 25.9 Å². The first-order chi connectivity index (χ1) is 9.88. The van der Waals surface area contributed by atoms with Gasteiger partial charge in [0.2, 0.25) is 5.95 Å². The molecule has 1 aromatic carbocycles. The van der Waals surface area contributed by atoms with E-state index in [1.165, 1.54) is 6.07 Å². The molecule has 2 heterocycles. The van der Waals surface area contributed by atoms with Crippen LogP contribution in [-0.2, 0) is 6.54 Å². The maximum Gasteiger partial charge on any atom is 0.201 e. The van der Waals surface area contributed by atoms with Gasteiger partial charge in [0.1, 0.15) is 5.82 Å². The zero-order valence-corrected chi connectivity index (χ0v) is 14.0. The predicted molar refractivity (Wildman–Crippen MR) is 86.6 cm³/mol. The lowest BCUT2D eigenvalue weighted by molar-refractivity contribution is 0.122. The smallest absolute Gasteiger partial charge is 0.201 e. The summed E-state index contributed by atoms with van der Waals surface area (Å²) >= 11 is 3.24. The summed E-state index contributed by atoms with van der Waals surface area (Å²) in [4.78, 5) is 6.65. The molecule has 0 atom stereocenters. The van der Waals surface area contributed by atoms with Gasteiger partial charge in [0.25, 0.3) is 0 Å². The van der Waals surface area contributed by atoms with Gasteiger partial charge in [-0.05, 0) is 60.4 Å². The highest BCUT2D eigenvalue weighted by Crippen LogP contribution is 2.35. The van der Waals surface area contributed by atoms with Crippen LogP contribution >= 0.6 is 15.9 Å². The van der Waals surface area contributed by atoms with Crippen molar-refractivity contribution in [3.8, 4) is 0 Å². The third kappa shape index (κ3) is 2.79. The van der Waals surface area contributed by atoms with Gasteiger partial charge in [-0.25, -0.2) is 9.37 Å². The fourth-order valence-electron chi connectivity index (χ4n) is 3.00. The number of benzene rings is 1. The van der Waals surface area contributed by atoms with Gasteiger partial charge < -0.3 is 15.2 Å². The van der Waals surface area contributed by atoms with Crippen molar-refractivity contribution in [3.63, 3.8) is 0 Å². The summed E-state index contributed by atoms with van der Waals surface area (Å²) in [5.74, 6) is 0.153. The van der Waals surface area contributed by atoms with E-state index >= 15 is 0 Å². The molecule has 0 aliphatic carbocycles.